The predicted molar refractivity (Wildman–Crippen MR) is 91.4 cm³/mol. The number of ether oxygens (including phenoxy) is 1. The second-order valence-corrected chi connectivity index (χ2v) is 7.28. The molecule has 1 aliphatic rings. The average Bonchev–Trinajstić information content (AvgIpc) is 3.07. The monoisotopic (exact) mass is 436 g/mol. The van der Waals surface area contributed by atoms with Crippen LogP contribution in [0, 0.1) is 0 Å². The molecule has 1 saturated heterocycles. The number of thiocarbonyl (C=S) groups is 1. The number of hydrogen-bond donors (Lipinski definition) is 2. The molecule has 0 spiro atoms. The molecule has 152 valence electrons. The maximum atomic E-state index is 13.4. The Hall–Kier alpha value is -1.27. The highest BCUT2D eigenvalue weighted by atomic mass is 32.2. The van der Waals surface area contributed by atoms with Gasteiger partial charge in [0.2, 0.25) is 0 Å². The summed E-state index contributed by atoms with van der Waals surface area (Å²) >= 11 is 4.19. The standard InChI is InChI=1S/C15H15F7N2OS2/c16-13(17,14(18,19)20)15(21,22)27-11-5-3-9(4-6-11)24-12(26)23-8-10-2-1-7-25-10/h3-6,10H,1-2,7-8H2,(H2,23,24,26). The molecule has 1 aromatic rings. The molecule has 1 aliphatic heterocycles. The number of benzene rings is 1. The summed E-state index contributed by atoms with van der Waals surface area (Å²) in [6, 6.07) is 4.47. The van der Waals surface area contributed by atoms with E-state index >= 15 is 0 Å². The van der Waals surface area contributed by atoms with Gasteiger partial charge in [0, 0.05) is 23.7 Å². The summed E-state index contributed by atoms with van der Waals surface area (Å²) in [6.45, 7) is 1.17. The minimum atomic E-state index is -6.36. The van der Waals surface area contributed by atoms with E-state index in [1.54, 1.807) is 0 Å². The summed E-state index contributed by atoms with van der Waals surface area (Å²) in [4.78, 5) is -0.451. The van der Waals surface area contributed by atoms with Crippen molar-refractivity contribution in [2.75, 3.05) is 18.5 Å². The smallest absolute Gasteiger partial charge is 0.376 e. The van der Waals surface area contributed by atoms with Crippen molar-refractivity contribution in [3.63, 3.8) is 0 Å². The number of nitrogens with one attached hydrogen (secondary N) is 2. The first-order chi connectivity index (χ1) is 12.4. The van der Waals surface area contributed by atoms with Crippen molar-refractivity contribution in [1.82, 2.24) is 5.32 Å². The van der Waals surface area contributed by atoms with Gasteiger partial charge in [0.25, 0.3) is 0 Å². The molecule has 2 N–H and O–H groups in total. The third-order valence-corrected chi connectivity index (χ3v) is 4.86. The molecule has 0 saturated carbocycles. The van der Waals surface area contributed by atoms with Gasteiger partial charge in [-0.1, -0.05) is 0 Å². The van der Waals surface area contributed by atoms with Gasteiger partial charge in [-0.2, -0.15) is 30.7 Å². The van der Waals surface area contributed by atoms with Crippen molar-refractivity contribution < 1.29 is 35.5 Å². The fourth-order valence-electron chi connectivity index (χ4n) is 2.17. The molecule has 2 rings (SSSR count). The fraction of sp³-hybridized carbons (Fsp3) is 0.533. The van der Waals surface area contributed by atoms with E-state index < -0.39 is 34.0 Å². The second-order valence-electron chi connectivity index (χ2n) is 5.69. The fourth-order valence-corrected chi connectivity index (χ4v) is 3.18. The van der Waals surface area contributed by atoms with Crippen LogP contribution in [-0.2, 0) is 4.74 Å². The van der Waals surface area contributed by atoms with Crippen LogP contribution in [0.1, 0.15) is 12.8 Å². The molecular weight excluding hydrogens is 421 g/mol. The Kier molecular flexibility index (Phi) is 6.85. The topological polar surface area (TPSA) is 33.3 Å². The van der Waals surface area contributed by atoms with Crippen LogP contribution in [0.3, 0.4) is 0 Å². The lowest BCUT2D eigenvalue weighted by molar-refractivity contribution is -0.330. The van der Waals surface area contributed by atoms with E-state index in [0.29, 0.717) is 18.8 Å². The molecule has 1 heterocycles. The Morgan fingerprint density at radius 3 is 2.26 bits per heavy atom. The van der Waals surface area contributed by atoms with Crippen LogP contribution in [0.5, 0.6) is 0 Å². The van der Waals surface area contributed by atoms with Gasteiger partial charge in [0.1, 0.15) is 0 Å². The summed E-state index contributed by atoms with van der Waals surface area (Å²) in [7, 11) is 0. The highest BCUT2D eigenvalue weighted by molar-refractivity contribution is 8.00. The largest absolute Gasteiger partial charge is 0.460 e. The maximum Gasteiger partial charge on any atom is 0.460 e. The lowest BCUT2D eigenvalue weighted by Crippen LogP contribution is -2.49. The van der Waals surface area contributed by atoms with E-state index in [2.05, 4.69) is 10.6 Å². The number of hydrogen-bond acceptors (Lipinski definition) is 3. The van der Waals surface area contributed by atoms with E-state index in [0.717, 1.165) is 25.0 Å². The van der Waals surface area contributed by atoms with Crippen molar-refractivity contribution >= 4 is 34.8 Å². The van der Waals surface area contributed by atoms with Gasteiger partial charge in [-0.05, 0) is 61.1 Å². The van der Waals surface area contributed by atoms with Gasteiger partial charge < -0.3 is 15.4 Å². The summed E-state index contributed by atoms with van der Waals surface area (Å²) in [5.74, 6) is -6.16. The maximum absolute atomic E-state index is 13.4. The Morgan fingerprint density at radius 1 is 1.11 bits per heavy atom. The zero-order valence-electron chi connectivity index (χ0n) is 13.6. The Labute approximate surface area is 160 Å². The van der Waals surface area contributed by atoms with Crippen molar-refractivity contribution in [3.05, 3.63) is 24.3 Å². The Balaban J connectivity index is 1.91. The molecule has 0 radical (unpaired) electrons. The molecule has 0 aliphatic carbocycles. The average molecular weight is 436 g/mol. The van der Waals surface area contributed by atoms with Crippen LogP contribution in [0.25, 0.3) is 0 Å². The molecule has 0 bridgehead atoms. The lowest BCUT2D eigenvalue weighted by atomic mass is 10.2. The summed E-state index contributed by atoms with van der Waals surface area (Å²) in [5.41, 5.74) is 0.357. The molecular formula is C15H15F7N2OS2. The summed E-state index contributed by atoms with van der Waals surface area (Å²) in [5, 5.41) is 0.546. The zero-order valence-corrected chi connectivity index (χ0v) is 15.2. The van der Waals surface area contributed by atoms with E-state index in [1.165, 1.54) is 12.1 Å². The molecule has 27 heavy (non-hydrogen) atoms. The van der Waals surface area contributed by atoms with E-state index in [-0.39, 0.29) is 11.2 Å². The first kappa shape index (κ1) is 22.0. The normalized spacial score (nSPS) is 18.4. The van der Waals surface area contributed by atoms with Gasteiger partial charge in [0.05, 0.1) is 6.10 Å². The molecule has 1 atom stereocenters. The first-order valence-electron chi connectivity index (χ1n) is 7.70. The Bertz CT molecular complexity index is 647. The number of halogens is 7. The highest BCUT2D eigenvalue weighted by Crippen LogP contribution is 2.53. The van der Waals surface area contributed by atoms with Gasteiger partial charge in [-0.15, -0.1) is 0 Å². The third kappa shape index (κ3) is 5.61. The molecule has 0 amide bonds. The second kappa shape index (κ2) is 8.39. The van der Waals surface area contributed by atoms with Gasteiger partial charge in [-0.25, -0.2) is 0 Å². The van der Waals surface area contributed by atoms with Crippen LogP contribution >= 0.6 is 24.0 Å². The molecule has 1 unspecified atom stereocenters. The van der Waals surface area contributed by atoms with E-state index in [1.807, 2.05) is 0 Å². The summed E-state index contributed by atoms with van der Waals surface area (Å²) in [6.07, 6.45) is -4.45. The Morgan fingerprint density at radius 2 is 1.74 bits per heavy atom. The van der Waals surface area contributed by atoms with Gasteiger partial charge >= 0.3 is 17.4 Å². The van der Waals surface area contributed by atoms with Crippen LogP contribution in [0.4, 0.5) is 36.4 Å². The minimum Gasteiger partial charge on any atom is -0.376 e. The van der Waals surface area contributed by atoms with Gasteiger partial charge in [-0.3, -0.25) is 0 Å². The van der Waals surface area contributed by atoms with E-state index in [9.17, 15) is 30.7 Å². The van der Waals surface area contributed by atoms with Crippen molar-refractivity contribution in [2.24, 2.45) is 0 Å². The molecule has 1 fully saturated rings. The zero-order chi connectivity index (χ0) is 20.3. The van der Waals surface area contributed by atoms with Crippen LogP contribution in [-0.4, -0.2) is 41.7 Å². The first-order valence-corrected chi connectivity index (χ1v) is 8.93. The van der Waals surface area contributed by atoms with Gasteiger partial charge in [0.15, 0.2) is 5.11 Å². The molecule has 1 aromatic carbocycles. The van der Waals surface area contributed by atoms with Crippen molar-refractivity contribution in [3.8, 4) is 0 Å². The van der Waals surface area contributed by atoms with Crippen molar-refractivity contribution in [2.45, 2.75) is 41.2 Å². The van der Waals surface area contributed by atoms with E-state index in [4.69, 9.17) is 17.0 Å². The number of thioether (sulfide) groups is 1. The summed E-state index contributed by atoms with van der Waals surface area (Å²) < 4.78 is 94.4. The third-order valence-electron chi connectivity index (χ3n) is 3.59. The SMILES string of the molecule is FC(F)(F)C(F)(F)C(F)(F)Sc1ccc(NC(=S)NCC2CCCO2)cc1. The predicted octanol–water partition coefficient (Wildman–Crippen LogP) is 5.03. The van der Waals surface area contributed by atoms with Crippen LogP contribution in [0.15, 0.2) is 29.2 Å². The number of anilines is 1. The quantitative estimate of drug-likeness (QED) is 0.371. The number of rotatable bonds is 6. The molecule has 12 heteroatoms. The molecule has 0 aromatic heterocycles. The minimum absolute atomic E-state index is 0.0426. The molecule has 3 nitrogen and oxygen atoms in total. The lowest BCUT2D eigenvalue weighted by Gasteiger charge is -2.27. The van der Waals surface area contributed by atoms with Crippen molar-refractivity contribution in [1.29, 1.82) is 0 Å². The number of alkyl halides is 7. The van der Waals surface area contributed by atoms with Crippen LogP contribution in [0.2, 0.25) is 0 Å². The highest BCUT2D eigenvalue weighted by Gasteiger charge is 2.73. The van der Waals surface area contributed by atoms with Crippen LogP contribution < -0.4 is 10.6 Å².